The maximum atomic E-state index is 4.10. The van der Waals surface area contributed by atoms with Crippen LogP contribution in [-0.4, -0.2) is 0 Å². The van der Waals surface area contributed by atoms with Gasteiger partial charge in [0.1, 0.15) is 0 Å². The number of hydrogen-bond acceptors (Lipinski definition) is 2. The molecule has 72 valence electrons. The van der Waals surface area contributed by atoms with E-state index in [1.807, 2.05) is 62.4 Å². The molecular formula is C12H14N2. The minimum atomic E-state index is 0.872. The molecule has 1 aromatic rings. The molecule has 0 aliphatic rings. The Kier molecular flexibility index (Phi) is 4.35. The van der Waals surface area contributed by atoms with Gasteiger partial charge in [-0.3, -0.25) is 0 Å². The molecule has 0 saturated heterocycles. The van der Waals surface area contributed by atoms with Gasteiger partial charge in [-0.2, -0.15) is 10.2 Å². The van der Waals surface area contributed by atoms with E-state index in [1.165, 1.54) is 0 Å². The molecule has 14 heavy (non-hydrogen) atoms. The third kappa shape index (κ3) is 3.35. The fourth-order valence-corrected chi connectivity index (χ4v) is 0.968. The molecule has 0 atom stereocenters. The maximum absolute atomic E-state index is 4.10. The minimum absolute atomic E-state index is 0.872. The molecule has 0 unspecified atom stereocenters. The van der Waals surface area contributed by atoms with Crippen molar-refractivity contribution in [3.63, 3.8) is 0 Å². The third-order valence-corrected chi connectivity index (χ3v) is 1.67. The summed E-state index contributed by atoms with van der Waals surface area (Å²) >= 11 is 0. The Morgan fingerprint density at radius 3 is 2.43 bits per heavy atom. The van der Waals surface area contributed by atoms with E-state index in [1.54, 1.807) is 0 Å². The van der Waals surface area contributed by atoms with Gasteiger partial charge in [0.25, 0.3) is 0 Å². The molecule has 1 rings (SSSR count). The number of hydrogen-bond donors (Lipinski definition) is 0. The summed E-state index contributed by atoms with van der Waals surface area (Å²) in [4.78, 5) is 0. The average Bonchev–Trinajstić information content (AvgIpc) is 2.25. The number of rotatable bonds is 3. The Morgan fingerprint density at radius 1 is 1.14 bits per heavy atom. The molecule has 0 aliphatic carbocycles. The predicted molar refractivity (Wildman–Crippen MR) is 59.5 cm³/mol. The zero-order valence-corrected chi connectivity index (χ0v) is 8.51. The molecule has 0 fully saturated rings. The van der Waals surface area contributed by atoms with Gasteiger partial charge < -0.3 is 0 Å². The van der Waals surface area contributed by atoms with Gasteiger partial charge in [-0.1, -0.05) is 30.4 Å². The van der Waals surface area contributed by atoms with E-state index >= 15 is 0 Å². The highest BCUT2D eigenvalue weighted by Crippen LogP contribution is 2.12. The topological polar surface area (TPSA) is 24.7 Å². The van der Waals surface area contributed by atoms with Crippen molar-refractivity contribution in [2.45, 2.75) is 13.8 Å². The van der Waals surface area contributed by atoms with Crippen molar-refractivity contribution in [2.75, 3.05) is 0 Å². The van der Waals surface area contributed by atoms with Crippen molar-refractivity contribution in [3.8, 4) is 0 Å². The van der Waals surface area contributed by atoms with Crippen LogP contribution in [0.3, 0.4) is 0 Å². The first-order valence-corrected chi connectivity index (χ1v) is 4.62. The third-order valence-electron chi connectivity index (χ3n) is 1.67. The zero-order valence-electron chi connectivity index (χ0n) is 8.51. The summed E-state index contributed by atoms with van der Waals surface area (Å²) in [6.45, 7) is 3.90. The molecule has 0 bridgehead atoms. The van der Waals surface area contributed by atoms with Gasteiger partial charge in [0.05, 0.1) is 11.4 Å². The van der Waals surface area contributed by atoms with E-state index in [0.717, 1.165) is 11.4 Å². The van der Waals surface area contributed by atoms with Crippen LogP contribution in [0, 0.1) is 0 Å². The van der Waals surface area contributed by atoms with Crippen molar-refractivity contribution < 1.29 is 0 Å². The van der Waals surface area contributed by atoms with E-state index in [-0.39, 0.29) is 0 Å². The normalized spacial score (nSPS) is 12.9. The van der Waals surface area contributed by atoms with Crippen LogP contribution in [0.5, 0.6) is 0 Å². The summed E-state index contributed by atoms with van der Waals surface area (Å²) in [7, 11) is 0. The second-order valence-electron chi connectivity index (χ2n) is 2.75. The Morgan fingerprint density at radius 2 is 1.86 bits per heavy atom. The van der Waals surface area contributed by atoms with E-state index < -0.39 is 0 Å². The quantitative estimate of drug-likeness (QED) is 0.498. The Hall–Kier alpha value is -1.70. The van der Waals surface area contributed by atoms with Crippen LogP contribution in [-0.2, 0) is 0 Å². The lowest BCUT2D eigenvalue weighted by Gasteiger charge is -1.91. The van der Waals surface area contributed by atoms with Crippen LogP contribution < -0.4 is 0 Å². The predicted octanol–water partition coefficient (Wildman–Crippen LogP) is 4.25. The summed E-state index contributed by atoms with van der Waals surface area (Å²) in [5, 5.41) is 8.20. The first-order chi connectivity index (χ1) is 6.86. The van der Waals surface area contributed by atoms with Crippen LogP contribution in [0.4, 0.5) is 5.69 Å². The summed E-state index contributed by atoms with van der Waals surface area (Å²) in [5.41, 5.74) is 1.74. The lowest BCUT2D eigenvalue weighted by molar-refractivity contribution is 1.16. The van der Waals surface area contributed by atoms with Crippen molar-refractivity contribution in [3.05, 3.63) is 54.3 Å². The standard InChI is InChI=1S/C12H14N2/c1-3-8-11(4-2)13-14-12-9-6-5-7-10-12/h3-10H,1-2H3/b8-3-,11-4+,14-13?. The summed E-state index contributed by atoms with van der Waals surface area (Å²) in [6, 6.07) is 9.69. The molecule has 0 radical (unpaired) electrons. The molecule has 0 spiro atoms. The molecule has 2 heteroatoms. The fraction of sp³-hybridized carbons (Fsp3) is 0.167. The molecule has 0 aliphatic heterocycles. The number of benzene rings is 1. The van der Waals surface area contributed by atoms with E-state index in [4.69, 9.17) is 0 Å². The first kappa shape index (κ1) is 10.4. The smallest absolute Gasteiger partial charge is 0.0857 e. The first-order valence-electron chi connectivity index (χ1n) is 4.62. The summed E-state index contributed by atoms with van der Waals surface area (Å²) in [6.07, 6.45) is 5.79. The Bertz CT molecular complexity index is 348. The van der Waals surface area contributed by atoms with Gasteiger partial charge in [0.2, 0.25) is 0 Å². The highest BCUT2D eigenvalue weighted by atomic mass is 15.1. The molecule has 0 N–H and O–H groups in total. The lowest BCUT2D eigenvalue weighted by atomic mass is 10.3. The SMILES string of the molecule is C/C=C\C(=C/C)N=Nc1ccccc1. The Balaban J connectivity index is 2.73. The van der Waals surface area contributed by atoms with E-state index in [0.29, 0.717) is 0 Å². The highest BCUT2D eigenvalue weighted by Gasteiger charge is 1.86. The molecule has 0 amide bonds. The number of azo groups is 1. The fourth-order valence-electron chi connectivity index (χ4n) is 0.968. The van der Waals surface area contributed by atoms with Gasteiger partial charge in [0, 0.05) is 0 Å². The van der Waals surface area contributed by atoms with Crippen LogP contribution >= 0.6 is 0 Å². The van der Waals surface area contributed by atoms with Crippen LogP contribution in [0.2, 0.25) is 0 Å². The van der Waals surface area contributed by atoms with Crippen LogP contribution in [0.15, 0.2) is 64.5 Å². The molecule has 0 heterocycles. The summed E-state index contributed by atoms with van der Waals surface area (Å²) in [5.74, 6) is 0. The molecule has 0 aromatic heterocycles. The van der Waals surface area contributed by atoms with Gasteiger partial charge in [-0.05, 0) is 32.1 Å². The molecule has 2 nitrogen and oxygen atoms in total. The Labute approximate surface area is 84.7 Å². The second kappa shape index (κ2) is 5.86. The van der Waals surface area contributed by atoms with Crippen molar-refractivity contribution in [2.24, 2.45) is 10.2 Å². The molecule has 1 aromatic carbocycles. The molecular weight excluding hydrogens is 172 g/mol. The highest BCUT2D eigenvalue weighted by molar-refractivity contribution is 5.35. The van der Waals surface area contributed by atoms with Gasteiger partial charge in [-0.15, -0.1) is 0 Å². The van der Waals surface area contributed by atoms with Crippen molar-refractivity contribution >= 4 is 5.69 Å². The monoisotopic (exact) mass is 186 g/mol. The lowest BCUT2D eigenvalue weighted by Crippen LogP contribution is -1.68. The maximum Gasteiger partial charge on any atom is 0.0857 e. The van der Waals surface area contributed by atoms with E-state index in [9.17, 15) is 0 Å². The van der Waals surface area contributed by atoms with Crippen molar-refractivity contribution in [1.29, 1.82) is 0 Å². The van der Waals surface area contributed by atoms with E-state index in [2.05, 4.69) is 10.2 Å². The number of nitrogens with zero attached hydrogens (tertiary/aromatic N) is 2. The summed E-state index contributed by atoms with van der Waals surface area (Å²) < 4.78 is 0. The van der Waals surface area contributed by atoms with Gasteiger partial charge in [0.15, 0.2) is 0 Å². The van der Waals surface area contributed by atoms with Crippen LogP contribution in [0.25, 0.3) is 0 Å². The minimum Gasteiger partial charge on any atom is -0.151 e. The zero-order chi connectivity index (χ0) is 10.2. The van der Waals surface area contributed by atoms with Gasteiger partial charge >= 0.3 is 0 Å². The largest absolute Gasteiger partial charge is 0.151 e. The van der Waals surface area contributed by atoms with Crippen molar-refractivity contribution in [1.82, 2.24) is 0 Å². The van der Waals surface area contributed by atoms with Crippen LogP contribution in [0.1, 0.15) is 13.8 Å². The average molecular weight is 186 g/mol. The van der Waals surface area contributed by atoms with Gasteiger partial charge in [-0.25, -0.2) is 0 Å². The molecule has 0 saturated carbocycles. The number of allylic oxidation sites excluding steroid dienone is 3. The second-order valence-corrected chi connectivity index (χ2v) is 2.75.